The van der Waals surface area contributed by atoms with E-state index >= 15 is 0 Å². The zero-order valence-corrected chi connectivity index (χ0v) is 11.3. The molecule has 20 heavy (non-hydrogen) atoms. The van der Waals surface area contributed by atoms with Gasteiger partial charge in [0.15, 0.2) is 0 Å². The summed E-state index contributed by atoms with van der Waals surface area (Å²) in [5.74, 6) is 1.40. The lowest BCUT2D eigenvalue weighted by Gasteiger charge is -2.06. The summed E-state index contributed by atoms with van der Waals surface area (Å²) in [6.07, 6.45) is 1.53. The number of nitrogens with zero attached hydrogens (tertiary/aromatic N) is 2. The van der Waals surface area contributed by atoms with Gasteiger partial charge in [0.05, 0.1) is 5.52 Å². The SMILES string of the molecule is c1ccc2cc(Oc3ncnc4ccsc34)ccc2c1. The summed E-state index contributed by atoms with van der Waals surface area (Å²) in [5, 5.41) is 4.34. The third-order valence-corrected chi connectivity index (χ3v) is 4.04. The van der Waals surface area contributed by atoms with Crippen LogP contribution in [0.4, 0.5) is 0 Å². The van der Waals surface area contributed by atoms with Gasteiger partial charge in [-0.2, -0.15) is 0 Å². The van der Waals surface area contributed by atoms with Crippen LogP contribution < -0.4 is 4.74 Å². The second-order valence-corrected chi connectivity index (χ2v) is 5.34. The van der Waals surface area contributed by atoms with Gasteiger partial charge in [-0.25, -0.2) is 9.97 Å². The summed E-state index contributed by atoms with van der Waals surface area (Å²) in [7, 11) is 0. The van der Waals surface area contributed by atoms with E-state index in [9.17, 15) is 0 Å². The van der Waals surface area contributed by atoms with Gasteiger partial charge in [-0.1, -0.05) is 30.3 Å². The van der Waals surface area contributed by atoms with E-state index in [4.69, 9.17) is 4.74 Å². The van der Waals surface area contributed by atoms with E-state index in [0.29, 0.717) is 5.88 Å². The van der Waals surface area contributed by atoms with Crippen molar-refractivity contribution in [1.29, 1.82) is 0 Å². The highest BCUT2D eigenvalue weighted by Gasteiger charge is 2.07. The molecule has 0 atom stereocenters. The molecule has 96 valence electrons. The topological polar surface area (TPSA) is 35.0 Å². The van der Waals surface area contributed by atoms with Gasteiger partial charge in [0, 0.05) is 0 Å². The van der Waals surface area contributed by atoms with E-state index in [2.05, 4.69) is 28.2 Å². The van der Waals surface area contributed by atoms with Crippen LogP contribution in [0.2, 0.25) is 0 Å². The fraction of sp³-hybridized carbons (Fsp3) is 0. The maximum Gasteiger partial charge on any atom is 0.240 e. The van der Waals surface area contributed by atoms with Gasteiger partial charge < -0.3 is 4.74 Å². The number of thiophene rings is 1. The van der Waals surface area contributed by atoms with Crippen LogP contribution in [0.15, 0.2) is 60.2 Å². The van der Waals surface area contributed by atoms with E-state index in [0.717, 1.165) is 21.4 Å². The highest BCUT2D eigenvalue weighted by atomic mass is 32.1. The average molecular weight is 278 g/mol. The van der Waals surface area contributed by atoms with Crippen molar-refractivity contribution in [3.05, 3.63) is 60.2 Å². The van der Waals surface area contributed by atoms with Gasteiger partial charge in [0.2, 0.25) is 5.88 Å². The molecule has 4 rings (SSSR count). The van der Waals surface area contributed by atoms with Crippen LogP contribution >= 0.6 is 11.3 Å². The Morgan fingerprint density at radius 1 is 0.900 bits per heavy atom. The summed E-state index contributed by atoms with van der Waals surface area (Å²) in [6.45, 7) is 0. The number of ether oxygens (including phenoxy) is 1. The number of fused-ring (bicyclic) bond motifs is 2. The Kier molecular flexibility index (Phi) is 2.60. The molecule has 0 amide bonds. The highest BCUT2D eigenvalue weighted by Crippen LogP contribution is 2.31. The third kappa shape index (κ3) is 1.90. The Morgan fingerprint density at radius 3 is 2.75 bits per heavy atom. The van der Waals surface area contributed by atoms with Crippen molar-refractivity contribution >= 4 is 32.3 Å². The molecule has 3 nitrogen and oxygen atoms in total. The minimum Gasteiger partial charge on any atom is -0.437 e. The molecule has 4 heteroatoms. The van der Waals surface area contributed by atoms with E-state index < -0.39 is 0 Å². The molecular formula is C16H10N2OS. The van der Waals surface area contributed by atoms with Crippen LogP contribution in [-0.4, -0.2) is 9.97 Å². The lowest BCUT2D eigenvalue weighted by atomic mass is 10.1. The summed E-state index contributed by atoms with van der Waals surface area (Å²) >= 11 is 1.59. The smallest absolute Gasteiger partial charge is 0.240 e. The highest BCUT2D eigenvalue weighted by molar-refractivity contribution is 7.17. The van der Waals surface area contributed by atoms with Crippen LogP contribution in [-0.2, 0) is 0 Å². The first kappa shape index (κ1) is 11.4. The predicted octanol–water partition coefficient (Wildman–Crippen LogP) is 4.64. The number of rotatable bonds is 2. The molecular weight excluding hydrogens is 268 g/mol. The summed E-state index contributed by atoms with van der Waals surface area (Å²) in [6, 6.07) is 16.2. The van der Waals surface area contributed by atoms with E-state index in [1.807, 2.05) is 35.7 Å². The number of hydrogen-bond donors (Lipinski definition) is 0. The zero-order valence-electron chi connectivity index (χ0n) is 10.5. The Morgan fingerprint density at radius 2 is 1.80 bits per heavy atom. The van der Waals surface area contributed by atoms with Crippen molar-refractivity contribution in [2.75, 3.05) is 0 Å². The van der Waals surface area contributed by atoms with Gasteiger partial charge in [-0.15, -0.1) is 11.3 Å². The lowest BCUT2D eigenvalue weighted by Crippen LogP contribution is -1.89. The van der Waals surface area contributed by atoms with Crippen LogP contribution in [0.3, 0.4) is 0 Å². The average Bonchev–Trinajstić information content (AvgIpc) is 2.97. The molecule has 0 aliphatic heterocycles. The molecule has 2 aromatic heterocycles. The van der Waals surface area contributed by atoms with Crippen LogP contribution in [0, 0.1) is 0 Å². The standard InChI is InChI=1S/C16H10N2OS/c1-2-4-12-9-13(6-5-11(12)3-1)19-16-15-14(7-8-20-15)17-10-18-16/h1-10H. The first-order valence-electron chi connectivity index (χ1n) is 6.25. The normalized spacial score (nSPS) is 11.0. The van der Waals surface area contributed by atoms with E-state index in [1.54, 1.807) is 11.3 Å². The molecule has 0 saturated heterocycles. The quantitative estimate of drug-likeness (QED) is 0.536. The van der Waals surface area contributed by atoms with Crippen molar-refractivity contribution in [2.45, 2.75) is 0 Å². The Labute approximate surface area is 119 Å². The first-order chi connectivity index (χ1) is 9.90. The van der Waals surface area contributed by atoms with Crippen molar-refractivity contribution < 1.29 is 4.74 Å². The molecule has 0 aliphatic carbocycles. The second-order valence-electron chi connectivity index (χ2n) is 4.42. The van der Waals surface area contributed by atoms with Crippen molar-refractivity contribution in [3.63, 3.8) is 0 Å². The molecule has 2 heterocycles. The Hall–Kier alpha value is -2.46. The fourth-order valence-corrected chi connectivity index (χ4v) is 2.95. The van der Waals surface area contributed by atoms with Crippen LogP contribution in [0.5, 0.6) is 11.6 Å². The zero-order chi connectivity index (χ0) is 13.4. The van der Waals surface area contributed by atoms with Crippen molar-refractivity contribution in [3.8, 4) is 11.6 Å². The Bertz CT molecular complexity index is 901. The summed E-state index contributed by atoms with van der Waals surface area (Å²) in [5.41, 5.74) is 0.917. The number of benzene rings is 2. The Balaban J connectivity index is 1.78. The molecule has 0 aliphatic rings. The van der Waals surface area contributed by atoms with Crippen molar-refractivity contribution in [2.24, 2.45) is 0 Å². The van der Waals surface area contributed by atoms with Gasteiger partial charge in [0.1, 0.15) is 16.8 Å². The maximum atomic E-state index is 5.92. The van der Waals surface area contributed by atoms with Gasteiger partial charge in [-0.05, 0) is 34.4 Å². The maximum absolute atomic E-state index is 5.92. The molecule has 0 N–H and O–H groups in total. The predicted molar refractivity (Wildman–Crippen MR) is 81.4 cm³/mol. The summed E-state index contributed by atoms with van der Waals surface area (Å²) < 4.78 is 6.89. The molecule has 0 fully saturated rings. The minimum atomic E-state index is 0.611. The summed E-state index contributed by atoms with van der Waals surface area (Å²) in [4.78, 5) is 8.44. The monoisotopic (exact) mass is 278 g/mol. The van der Waals surface area contributed by atoms with E-state index in [-0.39, 0.29) is 0 Å². The number of hydrogen-bond acceptors (Lipinski definition) is 4. The third-order valence-electron chi connectivity index (χ3n) is 3.15. The molecule has 4 aromatic rings. The largest absolute Gasteiger partial charge is 0.437 e. The molecule has 0 radical (unpaired) electrons. The minimum absolute atomic E-state index is 0.611. The van der Waals surface area contributed by atoms with Gasteiger partial charge in [-0.3, -0.25) is 0 Å². The fourth-order valence-electron chi connectivity index (χ4n) is 2.18. The molecule has 2 aromatic carbocycles. The van der Waals surface area contributed by atoms with Gasteiger partial charge in [0.25, 0.3) is 0 Å². The van der Waals surface area contributed by atoms with Crippen molar-refractivity contribution in [1.82, 2.24) is 9.97 Å². The van der Waals surface area contributed by atoms with E-state index in [1.165, 1.54) is 11.7 Å². The lowest BCUT2D eigenvalue weighted by molar-refractivity contribution is 0.470. The number of aromatic nitrogens is 2. The molecule has 0 unspecified atom stereocenters. The van der Waals surface area contributed by atoms with Crippen LogP contribution in [0.1, 0.15) is 0 Å². The van der Waals surface area contributed by atoms with Crippen LogP contribution in [0.25, 0.3) is 21.0 Å². The molecule has 0 bridgehead atoms. The second kappa shape index (κ2) is 4.58. The van der Waals surface area contributed by atoms with Gasteiger partial charge >= 0.3 is 0 Å². The molecule has 0 saturated carbocycles. The molecule has 0 spiro atoms. The first-order valence-corrected chi connectivity index (χ1v) is 7.13.